The standard InChI is InChI=1S/C13H15ClF2O2S/c1-4-7(2)19-11-8(3)9(12(17)18)5-6-10(11)13(14,15)16/h5-7H,4H2,1-3H3,(H,17,18)/t7-/m0/s1. The van der Waals surface area contributed by atoms with Gasteiger partial charge in [0.2, 0.25) is 0 Å². The van der Waals surface area contributed by atoms with Crippen molar-refractivity contribution in [3.05, 3.63) is 28.8 Å². The summed E-state index contributed by atoms with van der Waals surface area (Å²) in [6.45, 7) is 5.36. The molecule has 0 aliphatic heterocycles. The molecule has 1 N–H and O–H groups in total. The van der Waals surface area contributed by atoms with Gasteiger partial charge in [-0.2, -0.15) is 8.78 Å². The largest absolute Gasteiger partial charge is 0.478 e. The molecule has 1 rings (SSSR count). The molecule has 19 heavy (non-hydrogen) atoms. The van der Waals surface area contributed by atoms with Gasteiger partial charge in [-0.1, -0.05) is 13.8 Å². The Hall–Kier alpha value is -0.810. The van der Waals surface area contributed by atoms with Gasteiger partial charge in [0.15, 0.2) is 0 Å². The first kappa shape index (κ1) is 16.2. The van der Waals surface area contributed by atoms with E-state index in [0.717, 1.165) is 12.5 Å². The molecule has 0 amide bonds. The lowest BCUT2D eigenvalue weighted by atomic mass is 10.0. The molecule has 0 aliphatic rings. The lowest BCUT2D eigenvalue weighted by molar-refractivity contribution is 0.0693. The molecule has 1 aromatic rings. The second-order valence-electron chi connectivity index (χ2n) is 4.25. The van der Waals surface area contributed by atoms with Crippen molar-refractivity contribution >= 4 is 29.3 Å². The van der Waals surface area contributed by atoms with Gasteiger partial charge in [-0.25, -0.2) is 4.79 Å². The van der Waals surface area contributed by atoms with Crippen LogP contribution in [0.1, 0.15) is 41.8 Å². The van der Waals surface area contributed by atoms with E-state index in [2.05, 4.69) is 0 Å². The zero-order chi connectivity index (χ0) is 14.8. The summed E-state index contributed by atoms with van der Waals surface area (Å²) in [4.78, 5) is 11.3. The molecule has 1 aromatic carbocycles. The molecule has 2 nitrogen and oxygen atoms in total. The molecule has 0 radical (unpaired) electrons. The summed E-state index contributed by atoms with van der Waals surface area (Å²) in [7, 11) is 0. The average Bonchev–Trinajstić information content (AvgIpc) is 2.29. The van der Waals surface area contributed by atoms with Gasteiger partial charge in [0.25, 0.3) is 0 Å². The highest BCUT2D eigenvalue weighted by Crippen LogP contribution is 2.42. The second-order valence-corrected chi connectivity index (χ2v) is 6.18. The Labute approximate surface area is 120 Å². The highest BCUT2D eigenvalue weighted by molar-refractivity contribution is 8.00. The Kier molecular flexibility index (Phi) is 5.21. The number of benzene rings is 1. The Morgan fingerprint density at radius 2 is 2.11 bits per heavy atom. The van der Waals surface area contributed by atoms with Crippen LogP contribution in [0.15, 0.2) is 17.0 Å². The predicted octanol–water partition coefficient (Wildman–Crippen LogP) is 4.87. The first-order valence-corrected chi connectivity index (χ1v) is 7.05. The summed E-state index contributed by atoms with van der Waals surface area (Å²) in [5.74, 6) is -1.13. The van der Waals surface area contributed by atoms with Gasteiger partial charge < -0.3 is 5.11 Å². The van der Waals surface area contributed by atoms with Crippen LogP contribution in [0.2, 0.25) is 0 Å². The van der Waals surface area contributed by atoms with Crippen LogP contribution in [-0.4, -0.2) is 16.3 Å². The molecular weight excluding hydrogens is 294 g/mol. The predicted molar refractivity (Wildman–Crippen MR) is 73.5 cm³/mol. The fourth-order valence-electron chi connectivity index (χ4n) is 1.58. The molecule has 0 saturated heterocycles. The van der Waals surface area contributed by atoms with E-state index >= 15 is 0 Å². The molecule has 0 saturated carbocycles. The summed E-state index contributed by atoms with van der Waals surface area (Å²) in [5, 5.41) is 5.64. The monoisotopic (exact) mass is 308 g/mol. The van der Waals surface area contributed by atoms with E-state index < -0.39 is 11.4 Å². The lowest BCUT2D eigenvalue weighted by Crippen LogP contribution is -2.11. The lowest BCUT2D eigenvalue weighted by Gasteiger charge is -2.19. The third-order valence-electron chi connectivity index (χ3n) is 2.84. The van der Waals surface area contributed by atoms with Crippen LogP contribution in [0.3, 0.4) is 0 Å². The zero-order valence-electron chi connectivity index (χ0n) is 10.8. The molecule has 0 bridgehead atoms. The molecule has 0 aromatic heterocycles. The van der Waals surface area contributed by atoms with Gasteiger partial charge >= 0.3 is 11.4 Å². The van der Waals surface area contributed by atoms with E-state index in [0.29, 0.717) is 5.56 Å². The van der Waals surface area contributed by atoms with E-state index in [-0.39, 0.29) is 21.3 Å². The number of carboxylic acid groups (broad SMARTS) is 1. The maximum Gasteiger partial charge on any atom is 0.349 e. The van der Waals surface area contributed by atoms with Gasteiger partial charge in [0.1, 0.15) is 0 Å². The number of aromatic carboxylic acids is 1. The SMILES string of the molecule is CC[C@H](C)Sc1c(C(F)(F)Cl)ccc(C(=O)O)c1C. The van der Waals surface area contributed by atoms with Gasteiger partial charge in [-0.05, 0) is 42.6 Å². The molecule has 6 heteroatoms. The van der Waals surface area contributed by atoms with Crippen LogP contribution >= 0.6 is 23.4 Å². The molecule has 1 atom stereocenters. The van der Waals surface area contributed by atoms with Crippen molar-refractivity contribution in [3.8, 4) is 0 Å². The Balaban J connectivity index is 3.42. The number of halogens is 3. The molecule has 0 fully saturated rings. The molecular formula is C13H15ClF2O2S. The first-order valence-electron chi connectivity index (χ1n) is 5.79. The van der Waals surface area contributed by atoms with Crippen molar-refractivity contribution in [2.45, 2.75) is 42.7 Å². The summed E-state index contributed by atoms with van der Waals surface area (Å²) in [6, 6.07) is 2.26. The first-order chi connectivity index (χ1) is 8.68. The van der Waals surface area contributed by atoms with Crippen LogP contribution in [-0.2, 0) is 5.38 Å². The normalized spacial score (nSPS) is 13.4. The van der Waals surface area contributed by atoms with Crippen LogP contribution < -0.4 is 0 Å². The Morgan fingerprint density at radius 3 is 2.53 bits per heavy atom. The minimum Gasteiger partial charge on any atom is -0.478 e. The van der Waals surface area contributed by atoms with E-state index in [1.807, 2.05) is 13.8 Å². The third kappa shape index (κ3) is 3.83. The highest BCUT2D eigenvalue weighted by atomic mass is 35.5. The number of hydrogen-bond donors (Lipinski definition) is 1. The quantitative estimate of drug-likeness (QED) is 0.622. The van der Waals surface area contributed by atoms with Crippen LogP contribution in [0.5, 0.6) is 0 Å². The van der Waals surface area contributed by atoms with Crippen molar-refractivity contribution in [2.24, 2.45) is 0 Å². The van der Waals surface area contributed by atoms with E-state index in [9.17, 15) is 13.6 Å². The Bertz CT molecular complexity index is 486. The number of thioether (sulfide) groups is 1. The van der Waals surface area contributed by atoms with Gasteiger partial charge in [-0.3, -0.25) is 0 Å². The molecule has 106 valence electrons. The summed E-state index contributed by atoms with van der Waals surface area (Å²) in [6.07, 6.45) is 0.786. The summed E-state index contributed by atoms with van der Waals surface area (Å²) < 4.78 is 26.8. The number of carboxylic acids is 1. The molecule has 0 aliphatic carbocycles. The van der Waals surface area contributed by atoms with Crippen LogP contribution in [0.4, 0.5) is 8.78 Å². The van der Waals surface area contributed by atoms with Crippen molar-refractivity contribution in [1.29, 1.82) is 0 Å². The maximum atomic E-state index is 13.4. The number of alkyl halides is 3. The topological polar surface area (TPSA) is 37.3 Å². The minimum atomic E-state index is -3.50. The number of hydrogen-bond acceptors (Lipinski definition) is 2. The van der Waals surface area contributed by atoms with E-state index in [1.54, 1.807) is 0 Å². The second kappa shape index (κ2) is 6.09. The van der Waals surface area contributed by atoms with E-state index in [1.165, 1.54) is 24.8 Å². The van der Waals surface area contributed by atoms with E-state index in [4.69, 9.17) is 16.7 Å². The minimum absolute atomic E-state index is 0.0236. The maximum absolute atomic E-state index is 13.4. The molecule has 0 spiro atoms. The van der Waals surface area contributed by atoms with Crippen LogP contribution in [0.25, 0.3) is 0 Å². The zero-order valence-corrected chi connectivity index (χ0v) is 12.4. The van der Waals surface area contributed by atoms with Crippen molar-refractivity contribution in [2.75, 3.05) is 0 Å². The highest BCUT2D eigenvalue weighted by Gasteiger charge is 2.33. The molecule has 0 unspecified atom stereocenters. The van der Waals surface area contributed by atoms with Crippen LogP contribution in [0, 0.1) is 6.92 Å². The van der Waals surface area contributed by atoms with Gasteiger partial charge in [0.05, 0.1) is 11.1 Å². The Morgan fingerprint density at radius 1 is 1.53 bits per heavy atom. The van der Waals surface area contributed by atoms with Gasteiger partial charge in [-0.15, -0.1) is 11.8 Å². The fraction of sp³-hybridized carbons (Fsp3) is 0.462. The third-order valence-corrected chi connectivity index (χ3v) is 4.54. The number of rotatable bonds is 5. The summed E-state index contributed by atoms with van der Waals surface area (Å²) in [5.41, 5.74) is 0.0214. The van der Waals surface area contributed by atoms with Crippen molar-refractivity contribution in [3.63, 3.8) is 0 Å². The summed E-state index contributed by atoms with van der Waals surface area (Å²) >= 11 is 6.33. The van der Waals surface area contributed by atoms with Gasteiger partial charge in [0, 0.05) is 10.1 Å². The van der Waals surface area contributed by atoms with Crippen molar-refractivity contribution < 1.29 is 18.7 Å². The smallest absolute Gasteiger partial charge is 0.349 e. The number of carbonyl (C=O) groups is 1. The fourth-order valence-corrected chi connectivity index (χ4v) is 2.98. The van der Waals surface area contributed by atoms with Crippen molar-refractivity contribution in [1.82, 2.24) is 0 Å². The average molecular weight is 309 g/mol. The molecule has 0 heterocycles.